The van der Waals surface area contributed by atoms with Crippen molar-refractivity contribution in [2.45, 2.75) is 71.6 Å². The summed E-state index contributed by atoms with van der Waals surface area (Å²) in [6, 6.07) is 10.7. The summed E-state index contributed by atoms with van der Waals surface area (Å²) < 4.78 is 8.70. The van der Waals surface area contributed by atoms with Gasteiger partial charge >= 0.3 is 8.25 Å². The van der Waals surface area contributed by atoms with Crippen molar-refractivity contribution in [3.05, 3.63) is 35.9 Å². The van der Waals surface area contributed by atoms with Crippen molar-refractivity contribution < 1.29 is 19.1 Å². The SMILES string of the molecule is CC(C)C(=O)CCCCCCCCCc1ccccc1.O=[P+](O)O. The number of hydrogen-bond acceptors (Lipinski definition) is 2. The van der Waals surface area contributed by atoms with Gasteiger partial charge in [-0.1, -0.05) is 76.3 Å². The average molecular weight is 355 g/mol. The van der Waals surface area contributed by atoms with Crippen LogP contribution in [0.5, 0.6) is 0 Å². The summed E-state index contributed by atoms with van der Waals surface area (Å²) in [5.41, 5.74) is 1.46. The summed E-state index contributed by atoms with van der Waals surface area (Å²) in [6.07, 6.45) is 10.9. The molecule has 1 aromatic carbocycles. The average Bonchev–Trinajstić information content (AvgIpc) is 2.53. The summed E-state index contributed by atoms with van der Waals surface area (Å²) in [4.78, 5) is 25.7. The second kappa shape index (κ2) is 15.4. The van der Waals surface area contributed by atoms with Gasteiger partial charge in [0.2, 0.25) is 0 Å². The first-order valence-electron chi connectivity index (χ1n) is 8.85. The van der Waals surface area contributed by atoms with Gasteiger partial charge in [0.15, 0.2) is 0 Å². The van der Waals surface area contributed by atoms with Gasteiger partial charge in [0.25, 0.3) is 0 Å². The quantitative estimate of drug-likeness (QED) is 0.422. The Morgan fingerprint density at radius 3 is 1.88 bits per heavy atom. The van der Waals surface area contributed by atoms with Gasteiger partial charge in [0.05, 0.1) is 0 Å². The van der Waals surface area contributed by atoms with E-state index in [0.717, 1.165) is 12.8 Å². The number of carbonyl (C=O) groups excluding carboxylic acids is 1. The normalized spacial score (nSPS) is 10.2. The van der Waals surface area contributed by atoms with Gasteiger partial charge in [-0.25, -0.2) is 0 Å². The molecule has 2 N–H and O–H groups in total. The zero-order chi connectivity index (χ0) is 18.2. The Hall–Kier alpha value is -1.09. The lowest BCUT2D eigenvalue weighted by atomic mass is 10.0. The van der Waals surface area contributed by atoms with Crippen molar-refractivity contribution in [3.8, 4) is 0 Å². The minimum absolute atomic E-state index is 0.216. The van der Waals surface area contributed by atoms with Crippen LogP contribution in [0, 0.1) is 5.92 Å². The topological polar surface area (TPSA) is 74.6 Å². The maximum Gasteiger partial charge on any atom is 0.692 e. The van der Waals surface area contributed by atoms with Gasteiger partial charge in [-0.05, 0) is 24.8 Å². The molecule has 4 nitrogen and oxygen atoms in total. The number of hydrogen-bond donors (Lipinski definition) is 2. The molecular weight excluding hydrogens is 323 g/mol. The second-order valence-corrected chi connectivity index (χ2v) is 6.84. The van der Waals surface area contributed by atoms with Crippen molar-refractivity contribution in [2.24, 2.45) is 5.92 Å². The third-order valence-electron chi connectivity index (χ3n) is 3.88. The molecule has 24 heavy (non-hydrogen) atoms. The van der Waals surface area contributed by atoms with Crippen molar-refractivity contribution >= 4 is 14.0 Å². The van der Waals surface area contributed by atoms with E-state index in [1.807, 2.05) is 13.8 Å². The van der Waals surface area contributed by atoms with Crippen LogP contribution in [0.1, 0.15) is 70.8 Å². The number of unbranched alkanes of at least 4 members (excludes halogenated alkanes) is 6. The van der Waals surface area contributed by atoms with Gasteiger partial charge in [-0.3, -0.25) is 4.79 Å². The van der Waals surface area contributed by atoms with E-state index in [0.29, 0.717) is 5.78 Å². The molecule has 0 aliphatic carbocycles. The monoisotopic (exact) mass is 355 g/mol. The van der Waals surface area contributed by atoms with Crippen molar-refractivity contribution in [2.75, 3.05) is 0 Å². The van der Waals surface area contributed by atoms with Crippen LogP contribution in [0.25, 0.3) is 0 Å². The van der Waals surface area contributed by atoms with Crippen LogP contribution in [0.15, 0.2) is 30.3 Å². The fourth-order valence-electron chi connectivity index (χ4n) is 2.45. The van der Waals surface area contributed by atoms with Gasteiger partial charge in [0, 0.05) is 16.9 Å². The molecule has 5 heteroatoms. The van der Waals surface area contributed by atoms with Gasteiger partial charge in [0.1, 0.15) is 5.78 Å². The number of Topliss-reactive ketones (excluding diaryl/α,β-unsaturated/α-hetero) is 1. The minimum Gasteiger partial charge on any atom is -0.299 e. The Morgan fingerprint density at radius 1 is 0.917 bits per heavy atom. The maximum absolute atomic E-state index is 11.5. The molecule has 0 saturated carbocycles. The Bertz CT molecular complexity index is 442. The molecule has 0 amide bonds. The van der Waals surface area contributed by atoms with E-state index in [1.54, 1.807) is 0 Å². The third-order valence-corrected chi connectivity index (χ3v) is 3.88. The van der Waals surface area contributed by atoms with Crippen LogP contribution in [0.2, 0.25) is 0 Å². The summed E-state index contributed by atoms with van der Waals surface area (Å²) in [7, 11) is -2.87. The molecule has 0 bridgehead atoms. The lowest BCUT2D eigenvalue weighted by Gasteiger charge is -2.04. The molecule has 1 rings (SSSR count). The molecule has 0 aliphatic heterocycles. The molecular formula is C19H32O4P+. The van der Waals surface area contributed by atoms with Gasteiger partial charge in [-0.2, -0.15) is 0 Å². The Balaban J connectivity index is 0.00000118. The summed E-state index contributed by atoms with van der Waals surface area (Å²) in [5.74, 6) is 0.640. The Labute approximate surface area is 147 Å². The first-order chi connectivity index (χ1) is 11.4. The molecule has 0 aromatic heterocycles. The number of carbonyl (C=O) groups is 1. The molecule has 0 heterocycles. The number of ketones is 1. The molecule has 0 atom stereocenters. The highest BCUT2D eigenvalue weighted by Crippen LogP contribution is 2.12. The summed E-state index contributed by atoms with van der Waals surface area (Å²) >= 11 is 0. The molecule has 0 unspecified atom stereocenters. The van der Waals surface area contributed by atoms with E-state index >= 15 is 0 Å². The highest BCUT2D eigenvalue weighted by Gasteiger charge is 2.05. The van der Waals surface area contributed by atoms with E-state index in [1.165, 1.54) is 50.5 Å². The number of rotatable bonds is 11. The predicted molar refractivity (Wildman–Crippen MR) is 99.0 cm³/mol. The van der Waals surface area contributed by atoms with E-state index in [2.05, 4.69) is 30.3 Å². The lowest BCUT2D eigenvalue weighted by molar-refractivity contribution is -0.122. The van der Waals surface area contributed by atoms with Crippen molar-refractivity contribution in [3.63, 3.8) is 0 Å². The maximum atomic E-state index is 11.5. The fraction of sp³-hybridized carbons (Fsp3) is 0.632. The second-order valence-electron chi connectivity index (χ2n) is 6.33. The zero-order valence-corrected chi connectivity index (χ0v) is 15.9. The first kappa shape index (κ1) is 22.9. The molecule has 0 spiro atoms. The molecule has 0 saturated heterocycles. The van der Waals surface area contributed by atoms with Gasteiger partial charge in [-0.15, -0.1) is 9.79 Å². The Morgan fingerprint density at radius 2 is 1.38 bits per heavy atom. The lowest BCUT2D eigenvalue weighted by Crippen LogP contribution is -2.05. The van der Waals surface area contributed by atoms with Crippen LogP contribution in [-0.4, -0.2) is 15.6 Å². The molecule has 1 aromatic rings. The van der Waals surface area contributed by atoms with Gasteiger partial charge < -0.3 is 0 Å². The first-order valence-corrected chi connectivity index (χ1v) is 10.0. The van der Waals surface area contributed by atoms with Crippen LogP contribution >= 0.6 is 8.25 Å². The molecule has 0 radical (unpaired) electrons. The zero-order valence-electron chi connectivity index (χ0n) is 15.0. The van der Waals surface area contributed by atoms with Crippen LogP contribution in [-0.2, 0) is 15.8 Å². The summed E-state index contributed by atoms with van der Waals surface area (Å²) in [5, 5.41) is 0. The van der Waals surface area contributed by atoms with E-state index in [9.17, 15) is 4.79 Å². The standard InChI is InChI=1S/C19H30O.HO3P/c1-17(2)19(20)16-12-7-5-3-4-6-9-13-18-14-10-8-11-15-18;1-4(2)3/h8,10-11,14-15,17H,3-7,9,12-13,16H2,1-2H3;(H-,1,2,3)/p+1. The minimum atomic E-state index is -2.87. The number of aryl methyl sites for hydroxylation is 1. The molecule has 136 valence electrons. The summed E-state index contributed by atoms with van der Waals surface area (Å²) in [6.45, 7) is 3.99. The van der Waals surface area contributed by atoms with Crippen LogP contribution < -0.4 is 0 Å². The molecule has 0 aliphatic rings. The highest BCUT2D eigenvalue weighted by atomic mass is 31.1. The van der Waals surface area contributed by atoms with Crippen molar-refractivity contribution in [1.82, 2.24) is 0 Å². The van der Waals surface area contributed by atoms with Crippen LogP contribution in [0.3, 0.4) is 0 Å². The molecule has 0 fully saturated rings. The largest absolute Gasteiger partial charge is 0.692 e. The smallest absolute Gasteiger partial charge is 0.299 e. The van der Waals surface area contributed by atoms with E-state index in [-0.39, 0.29) is 5.92 Å². The Kier molecular flexibility index (Phi) is 14.7. The predicted octanol–water partition coefficient (Wildman–Crippen LogP) is 5.20. The fourth-order valence-corrected chi connectivity index (χ4v) is 2.45. The van der Waals surface area contributed by atoms with E-state index < -0.39 is 8.25 Å². The van der Waals surface area contributed by atoms with E-state index in [4.69, 9.17) is 14.4 Å². The number of benzene rings is 1. The van der Waals surface area contributed by atoms with Crippen molar-refractivity contribution in [1.29, 1.82) is 0 Å². The third kappa shape index (κ3) is 15.8. The highest BCUT2D eigenvalue weighted by molar-refractivity contribution is 7.30. The van der Waals surface area contributed by atoms with Crippen LogP contribution in [0.4, 0.5) is 0 Å².